The fourth-order valence-electron chi connectivity index (χ4n) is 1.60. The first-order valence-corrected chi connectivity index (χ1v) is 6.69. The molecule has 1 aromatic heterocycles. The van der Waals surface area contributed by atoms with Gasteiger partial charge in [0.05, 0.1) is 0 Å². The smallest absolute Gasteiger partial charge is 0.165 e. The molecule has 0 N–H and O–H groups in total. The molecule has 4 heteroatoms. The number of rotatable bonds is 4. The molecule has 94 valence electrons. The van der Waals surface area contributed by atoms with E-state index in [0.717, 1.165) is 16.7 Å². The summed E-state index contributed by atoms with van der Waals surface area (Å²) >= 11 is 3.28. The average Bonchev–Trinajstić information content (AvgIpc) is 2.37. The van der Waals surface area contributed by atoms with Crippen LogP contribution in [0.5, 0.6) is 5.75 Å². The Labute approximate surface area is 114 Å². The van der Waals surface area contributed by atoms with Crippen molar-refractivity contribution in [2.45, 2.75) is 18.9 Å². The van der Waals surface area contributed by atoms with E-state index < -0.39 is 0 Å². The highest BCUT2D eigenvalue weighted by Gasteiger charge is 2.05. The maximum Gasteiger partial charge on any atom is 0.165 e. The predicted molar refractivity (Wildman–Crippen MR) is 72.3 cm³/mol. The van der Waals surface area contributed by atoms with Crippen LogP contribution in [0.25, 0.3) is 0 Å². The largest absolute Gasteiger partial charge is 0.486 e. The number of aromatic nitrogens is 1. The molecular weight excluding hydrogens is 297 g/mol. The van der Waals surface area contributed by atoms with Gasteiger partial charge in [-0.1, -0.05) is 22.0 Å². The van der Waals surface area contributed by atoms with Crippen LogP contribution in [-0.4, -0.2) is 4.98 Å². The van der Waals surface area contributed by atoms with E-state index in [-0.39, 0.29) is 11.6 Å². The average molecular weight is 310 g/mol. The SMILES string of the molecule is Cc1cncc(COc2ccc(CBr)cc2F)c1. The van der Waals surface area contributed by atoms with E-state index in [1.54, 1.807) is 18.5 Å². The molecule has 0 saturated heterocycles. The number of pyridine rings is 1. The van der Waals surface area contributed by atoms with E-state index in [2.05, 4.69) is 20.9 Å². The van der Waals surface area contributed by atoms with Gasteiger partial charge in [-0.05, 0) is 36.2 Å². The van der Waals surface area contributed by atoms with Crippen LogP contribution in [0, 0.1) is 12.7 Å². The molecule has 2 rings (SSSR count). The number of hydrogen-bond acceptors (Lipinski definition) is 2. The second-order valence-electron chi connectivity index (χ2n) is 4.06. The molecule has 0 aliphatic rings. The van der Waals surface area contributed by atoms with E-state index in [4.69, 9.17) is 4.74 Å². The van der Waals surface area contributed by atoms with Gasteiger partial charge in [-0.2, -0.15) is 0 Å². The molecule has 0 unspecified atom stereocenters. The maximum absolute atomic E-state index is 13.7. The van der Waals surface area contributed by atoms with Crippen LogP contribution < -0.4 is 4.74 Å². The third kappa shape index (κ3) is 3.29. The second kappa shape index (κ2) is 5.96. The molecule has 0 saturated carbocycles. The lowest BCUT2D eigenvalue weighted by Gasteiger charge is -2.08. The highest BCUT2D eigenvalue weighted by atomic mass is 79.9. The zero-order chi connectivity index (χ0) is 13.0. The summed E-state index contributed by atoms with van der Waals surface area (Å²) in [5, 5.41) is 0.631. The van der Waals surface area contributed by atoms with E-state index in [0.29, 0.717) is 11.9 Å². The van der Waals surface area contributed by atoms with Crippen LogP contribution >= 0.6 is 15.9 Å². The van der Waals surface area contributed by atoms with Crippen LogP contribution in [0.1, 0.15) is 16.7 Å². The van der Waals surface area contributed by atoms with Gasteiger partial charge < -0.3 is 4.74 Å². The fraction of sp³-hybridized carbons (Fsp3) is 0.214. The summed E-state index contributed by atoms with van der Waals surface area (Å²) in [6, 6.07) is 6.92. The molecule has 2 nitrogen and oxygen atoms in total. The molecule has 0 aliphatic heterocycles. The molecule has 18 heavy (non-hydrogen) atoms. The van der Waals surface area contributed by atoms with Crippen molar-refractivity contribution in [1.82, 2.24) is 4.98 Å². The number of hydrogen-bond donors (Lipinski definition) is 0. The molecule has 0 bridgehead atoms. The Bertz CT molecular complexity index is 545. The van der Waals surface area contributed by atoms with Gasteiger partial charge in [0.25, 0.3) is 0 Å². The molecule has 1 aromatic carbocycles. The number of nitrogens with zero attached hydrogens (tertiary/aromatic N) is 1. The minimum Gasteiger partial charge on any atom is -0.486 e. The number of alkyl halides is 1. The fourth-order valence-corrected chi connectivity index (χ4v) is 1.95. The van der Waals surface area contributed by atoms with Gasteiger partial charge in [-0.15, -0.1) is 0 Å². The number of aryl methyl sites for hydroxylation is 1. The Balaban J connectivity index is 2.06. The molecular formula is C14H13BrFNO. The lowest BCUT2D eigenvalue weighted by Crippen LogP contribution is -1.98. The van der Waals surface area contributed by atoms with Gasteiger partial charge in [0.1, 0.15) is 6.61 Å². The summed E-state index contributed by atoms with van der Waals surface area (Å²) in [7, 11) is 0. The Hall–Kier alpha value is -1.42. The van der Waals surface area contributed by atoms with Crippen molar-refractivity contribution in [2.75, 3.05) is 0 Å². The summed E-state index contributed by atoms with van der Waals surface area (Å²) in [6.07, 6.45) is 3.49. The number of halogens is 2. The standard InChI is InChI=1S/C14H13BrFNO/c1-10-4-12(8-17-7-10)9-18-14-3-2-11(6-15)5-13(14)16/h2-5,7-8H,6,9H2,1H3. The zero-order valence-corrected chi connectivity index (χ0v) is 11.6. The third-order valence-corrected chi connectivity index (χ3v) is 3.12. The van der Waals surface area contributed by atoms with Crippen LogP contribution in [0.2, 0.25) is 0 Å². The van der Waals surface area contributed by atoms with Gasteiger partial charge in [0.15, 0.2) is 11.6 Å². The lowest BCUT2D eigenvalue weighted by molar-refractivity contribution is 0.289. The van der Waals surface area contributed by atoms with Crippen molar-refractivity contribution in [3.8, 4) is 5.75 Å². The van der Waals surface area contributed by atoms with Crippen LogP contribution in [-0.2, 0) is 11.9 Å². The van der Waals surface area contributed by atoms with Crippen molar-refractivity contribution >= 4 is 15.9 Å². The predicted octanol–water partition coefficient (Wildman–Crippen LogP) is 4.00. The molecule has 0 atom stereocenters. The van der Waals surface area contributed by atoms with E-state index in [1.807, 2.05) is 19.1 Å². The molecule has 1 heterocycles. The highest BCUT2D eigenvalue weighted by Crippen LogP contribution is 2.20. The van der Waals surface area contributed by atoms with Gasteiger partial charge in [0.2, 0.25) is 0 Å². The second-order valence-corrected chi connectivity index (χ2v) is 4.62. The first kappa shape index (κ1) is 13.0. The van der Waals surface area contributed by atoms with Gasteiger partial charge >= 0.3 is 0 Å². The van der Waals surface area contributed by atoms with Crippen LogP contribution in [0.3, 0.4) is 0 Å². The molecule has 0 spiro atoms. The summed E-state index contributed by atoms with van der Waals surface area (Å²) in [5.41, 5.74) is 2.88. The normalized spacial score (nSPS) is 10.4. The van der Waals surface area contributed by atoms with Gasteiger partial charge in [-0.25, -0.2) is 4.39 Å². The van der Waals surface area contributed by atoms with Crippen molar-refractivity contribution in [3.05, 3.63) is 59.2 Å². The van der Waals surface area contributed by atoms with Gasteiger partial charge in [-0.3, -0.25) is 4.98 Å². The Morgan fingerprint density at radius 3 is 2.72 bits per heavy atom. The quantitative estimate of drug-likeness (QED) is 0.796. The summed E-state index contributed by atoms with van der Waals surface area (Å²) < 4.78 is 19.1. The zero-order valence-electron chi connectivity index (χ0n) is 9.99. The highest BCUT2D eigenvalue weighted by molar-refractivity contribution is 9.08. The summed E-state index contributed by atoms with van der Waals surface area (Å²) in [4.78, 5) is 4.07. The van der Waals surface area contributed by atoms with Crippen molar-refractivity contribution in [1.29, 1.82) is 0 Å². The van der Waals surface area contributed by atoms with Crippen molar-refractivity contribution < 1.29 is 9.13 Å². The Morgan fingerprint density at radius 1 is 1.22 bits per heavy atom. The summed E-state index contributed by atoms with van der Waals surface area (Å²) in [5.74, 6) is -0.0752. The van der Waals surface area contributed by atoms with Crippen LogP contribution in [0.4, 0.5) is 4.39 Å². The van der Waals surface area contributed by atoms with Crippen molar-refractivity contribution in [3.63, 3.8) is 0 Å². The topological polar surface area (TPSA) is 22.1 Å². The number of benzene rings is 1. The summed E-state index contributed by atoms with van der Waals surface area (Å²) in [6.45, 7) is 2.28. The minimum atomic E-state index is -0.340. The molecule has 2 aromatic rings. The van der Waals surface area contributed by atoms with Gasteiger partial charge in [0, 0.05) is 23.3 Å². The van der Waals surface area contributed by atoms with Crippen LogP contribution in [0.15, 0.2) is 36.7 Å². The number of ether oxygens (including phenoxy) is 1. The third-order valence-electron chi connectivity index (χ3n) is 2.48. The molecule has 0 amide bonds. The maximum atomic E-state index is 13.7. The Kier molecular flexibility index (Phi) is 4.31. The van der Waals surface area contributed by atoms with Crippen molar-refractivity contribution in [2.24, 2.45) is 0 Å². The van der Waals surface area contributed by atoms with E-state index in [1.165, 1.54) is 6.07 Å². The molecule has 0 fully saturated rings. The van der Waals surface area contributed by atoms with E-state index in [9.17, 15) is 4.39 Å². The molecule has 0 radical (unpaired) electrons. The van der Waals surface area contributed by atoms with E-state index >= 15 is 0 Å². The first-order valence-electron chi connectivity index (χ1n) is 5.57. The lowest BCUT2D eigenvalue weighted by atomic mass is 10.2. The molecule has 0 aliphatic carbocycles. The first-order chi connectivity index (χ1) is 8.69. The Morgan fingerprint density at radius 2 is 2.06 bits per heavy atom. The minimum absolute atomic E-state index is 0.265. The monoisotopic (exact) mass is 309 g/mol.